The van der Waals surface area contributed by atoms with Gasteiger partial charge in [0, 0.05) is 18.3 Å². The number of carbonyl (C=O) groups is 1. The Morgan fingerprint density at radius 3 is 1.52 bits per heavy atom. The summed E-state index contributed by atoms with van der Waals surface area (Å²) >= 11 is 2.02. The highest BCUT2D eigenvalue weighted by molar-refractivity contribution is 8.01. The number of rotatable bonds is 5. The number of amides is 1. The first kappa shape index (κ1) is 23.4. The largest absolute Gasteiger partial charge is 0.444 e. The Hall–Kier alpha value is -2.72. The standard InChI is InChI=1S/C29H33NO2S/c1-28(2,3)32-27(31)30-21-19-26(20-22-30)33-29(23-13-7-4-8-14-23,24-15-9-5-10-16-24)25-17-11-6-12-18-25/h4-18,26H,19-22H2,1-3H3. The van der Waals surface area contributed by atoms with Gasteiger partial charge in [-0.25, -0.2) is 4.79 Å². The molecule has 0 aliphatic carbocycles. The Morgan fingerprint density at radius 1 is 0.758 bits per heavy atom. The predicted octanol–water partition coefficient (Wildman–Crippen LogP) is 7.11. The molecule has 3 aromatic rings. The van der Waals surface area contributed by atoms with Gasteiger partial charge in [0.05, 0.1) is 4.75 Å². The van der Waals surface area contributed by atoms with Gasteiger partial charge < -0.3 is 9.64 Å². The van der Waals surface area contributed by atoms with Crippen molar-refractivity contribution in [1.82, 2.24) is 4.90 Å². The van der Waals surface area contributed by atoms with E-state index in [9.17, 15) is 4.79 Å². The van der Waals surface area contributed by atoms with Crippen LogP contribution in [0, 0.1) is 0 Å². The third-order valence-corrected chi connectivity index (χ3v) is 7.84. The SMILES string of the molecule is CC(C)(C)OC(=O)N1CCC(SC(c2ccccc2)(c2ccccc2)c2ccccc2)CC1. The Morgan fingerprint density at radius 2 is 1.15 bits per heavy atom. The number of hydrogen-bond donors (Lipinski definition) is 0. The van der Waals surface area contributed by atoms with Gasteiger partial charge in [0.2, 0.25) is 0 Å². The lowest BCUT2D eigenvalue weighted by atomic mass is 9.84. The molecule has 0 unspecified atom stereocenters. The molecule has 4 heteroatoms. The Bertz CT molecular complexity index is 927. The maximum Gasteiger partial charge on any atom is 0.410 e. The van der Waals surface area contributed by atoms with Gasteiger partial charge in [0.15, 0.2) is 0 Å². The molecule has 1 fully saturated rings. The highest BCUT2D eigenvalue weighted by atomic mass is 32.2. The zero-order valence-corrected chi connectivity index (χ0v) is 20.6. The van der Waals surface area contributed by atoms with E-state index in [4.69, 9.17) is 4.74 Å². The molecule has 0 bridgehead atoms. The fourth-order valence-electron chi connectivity index (χ4n) is 4.46. The highest BCUT2D eigenvalue weighted by Crippen LogP contribution is 2.51. The van der Waals surface area contributed by atoms with E-state index in [-0.39, 0.29) is 10.8 Å². The fraction of sp³-hybridized carbons (Fsp3) is 0.345. The van der Waals surface area contributed by atoms with Crippen LogP contribution >= 0.6 is 11.8 Å². The third-order valence-electron chi connectivity index (χ3n) is 5.98. The van der Waals surface area contributed by atoms with E-state index in [2.05, 4.69) is 91.0 Å². The molecule has 172 valence electrons. The van der Waals surface area contributed by atoms with Crippen molar-refractivity contribution >= 4 is 17.9 Å². The molecule has 0 atom stereocenters. The summed E-state index contributed by atoms with van der Waals surface area (Å²) in [5.74, 6) is 0. The van der Waals surface area contributed by atoms with Crippen LogP contribution in [0.3, 0.4) is 0 Å². The quantitative estimate of drug-likeness (QED) is 0.381. The van der Waals surface area contributed by atoms with E-state index in [1.165, 1.54) is 16.7 Å². The van der Waals surface area contributed by atoms with Gasteiger partial charge in [-0.2, -0.15) is 0 Å². The summed E-state index contributed by atoms with van der Waals surface area (Å²) in [6, 6.07) is 32.4. The second-order valence-electron chi connectivity index (χ2n) is 9.56. The first-order valence-electron chi connectivity index (χ1n) is 11.7. The minimum absolute atomic E-state index is 0.202. The number of carbonyl (C=O) groups excluding carboxylic acids is 1. The van der Waals surface area contributed by atoms with Crippen LogP contribution in [0.4, 0.5) is 4.79 Å². The zero-order valence-electron chi connectivity index (χ0n) is 19.7. The predicted molar refractivity (Wildman–Crippen MR) is 138 cm³/mol. The van der Waals surface area contributed by atoms with Gasteiger partial charge in [-0.1, -0.05) is 91.0 Å². The Kier molecular flexibility index (Phi) is 7.14. The van der Waals surface area contributed by atoms with Crippen molar-refractivity contribution in [3.05, 3.63) is 108 Å². The molecule has 0 aromatic heterocycles. The summed E-state index contributed by atoms with van der Waals surface area (Å²) in [7, 11) is 0. The molecule has 0 spiro atoms. The summed E-state index contributed by atoms with van der Waals surface area (Å²) < 4.78 is 5.28. The van der Waals surface area contributed by atoms with Crippen LogP contribution in [0.5, 0.6) is 0 Å². The van der Waals surface area contributed by atoms with E-state index in [1.54, 1.807) is 0 Å². The first-order valence-corrected chi connectivity index (χ1v) is 12.6. The van der Waals surface area contributed by atoms with Crippen LogP contribution < -0.4 is 0 Å². The number of hydrogen-bond acceptors (Lipinski definition) is 3. The number of benzene rings is 3. The highest BCUT2D eigenvalue weighted by Gasteiger charge is 2.40. The Labute approximate surface area is 202 Å². The molecule has 1 aliphatic heterocycles. The molecular formula is C29H33NO2S. The number of nitrogens with zero attached hydrogens (tertiary/aromatic N) is 1. The molecule has 1 aliphatic rings. The van der Waals surface area contributed by atoms with Gasteiger partial charge in [-0.15, -0.1) is 11.8 Å². The maximum absolute atomic E-state index is 12.6. The maximum atomic E-state index is 12.6. The smallest absolute Gasteiger partial charge is 0.410 e. The molecule has 3 aromatic carbocycles. The average Bonchev–Trinajstić information content (AvgIpc) is 2.83. The molecule has 0 radical (unpaired) electrons. The normalized spacial score (nSPS) is 15.3. The number of thioether (sulfide) groups is 1. The van der Waals surface area contributed by atoms with E-state index < -0.39 is 5.60 Å². The van der Waals surface area contributed by atoms with Gasteiger partial charge in [-0.3, -0.25) is 0 Å². The average molecular weight is 460 g/mol. The van der Waals surface area contributed by atoms with Crippen molar-refractivity contribution in [1.29, 1.82) is 0 Å². The molecular weight excluding hydrogens is 426 g/mol. The molecule has 33 heavy (non-hydrogen) atoms. The van der Waals surface area contributed by atoms with Gasteiger partial charge in [0.1, 0.15) is 5.60 Å². The second-order valence-corrected chi connectivity index (χ2v) is 11.1. The molecule has 3 nitrogen and oxygen atoms in total. The fourth-order valence-corrected chi connectivity index (χ4v) is 6.22. The van der Waals surface area contributed by atoms with Crippen molar-refractivity contribution in [3.63, 3.8) is 0 Å². The van der Waals surface area contributed by atoms with Crippen LogP contribution in [0.25, 0.3) is 0 Å². The lowest BCUT2D eigenvalue weighted by molar-refractivity contribution is 0.0219. The van der Waals surface area contributed by atoms with E-state index in [1.807, 2.05) is 37.4 Å². The molecule has 1 heterocycles. The van der Waals surface area contributed by atoms with Crippen LogP contribution in [0.15, 0.2) is 91.0 Å². The van der Waals surface area contributed by atoms with Crippen molar-refractivity contribution in [2.24, 2.45) is 0 Å². The van der Waals surface area contributed by atoms with Crippen molar-refractivity contribution in [3.8, 4) is 0 Å². The first-order chi connectivity index (χ1) is 15.9. The molecule has 1 amide bonds. The van der Waals surface area contributed by atoms with Crippen LogP contribution in [-0.4, -0.2) is 34.9 Å². The number of piperidine rings is 1. The van der Waals surface area contributed by atoms with E-state index >= 15 is 0 Å². The second kappa shape index (κ2) is 10.0. The summed E-state index contributed by atoms with van der Waals surface area (Å²) in [6.45, 7) is 7.20. The molecule has 0 saturated carbocycles. The van der Waals surface area contributed by atoms with E-state index in [0.717, 1.165) is 25.9 Å². The van der Waals surface area contributed by atoms with E-state index in [0.29, 0.717) is 5.25 Å². The molecule has 4 rings (SSSR count). The number of ether oxygens (including phenoxy) is 1. The summed E-state index contributed by atoms with van der Waals surface area (Å²) in [4.78, 5) is 14.4. The Balaban J connectivity index is 1.65. The molecule has 0 N–H and O–H groups in total. The van der Waals surface area contributed by atoms with Gasteiger partial charge >= 0.3 is 6.09 Å². The van der Waals surface area contributed by atoms with Gasteiger partial charge in [0.25, 0.3) is 0 Å². The minimum atomic E-state index is -0.467. The topological polar surface area (TPSA) is 29.5 Å². The lowest BCUT2D eigenvalue weighted by Gasteiger charge is -2.41. The summed E-state index contributed by atoms with van der Waals surface area (Å²) in [5.41, 5.74) is 3.37. The van der Waals surface area contributed by atoms with Crippen molar-refractivity contribution < 1.29 is 9.53 Å². The monoisotopic (exact) mass is 459 g/mol. The van der Waals surface area contributed by atoms with Crippen LogP contribution in [0.1, 0.15) is 50.3 Å². The summed E-state index contributed by atoms with van der Waals surface area (Å²) in [6.07, 6.45) is 1.68. The van der Waals surface area contributed by atoms with Gasteiger partial charge in [-0.05, 0) is 50.3 Å². The van der Waals surface area contributed by atoms with Crippen LogP contribution in [-0.2, 0) is 9.48 Å². The minimum Gasteiger partial charge on any atom is -0.444 e. The van der Waals surface area contributed by atoms with Crippen molar-refractivity contribution in [2.45, 2.75) is 49.2 Å². The van der Waals surface area contributed by atoms with Crippen molar-refractivity contribution in [2.75, 3.05) is 13.1 Å². The van der Waals surface area contributed by atoms with Crippen LogP contribution in [0.2, 0.25) is 0 Å². The third kappa shape index (κ3) is 5.44. The zero-order chi connectivity index (χ0) is 23.3. The summed E-state index contributed by atoms with van der Waals surface area (Å²) in [5, 5.41) is 0.421. The number of likely N-dealkylation sites (tertiary alicyclic amines) is 1. The lowest BCUT2D eigenvalue weighted by Crippen LogP contribution is -2.43. The molecule has 1 saturated heterocycles.